The van der Waals surface area contributed by atoms with E-state index in [2.05, 4.69) is 22.1 Å². The van der Waals surface area contributed by atoms with Crippen molar-refractivity contribution in [1.29, 1.82) is 0 Å². The molecule has 28 heavy (non-hydrogen) atoms. The van der Waals surface area contributed by atoms with Crippen LogP contribution in [0.5, 0.6) is 5.75 Å². The molecule has 1 aliphatic heterocycles. The number of piperidine rings is 1. The molecule has 1 aliphatic rings. The number of fused-ring (bicyclic) bond motifs is 1. The van der Waals surface area contributed by atoms with Crippen LogP contribution in [0.4, 0.5) is 13.2 Å². The summed E-state index contributed by atoms with van der Waals surface area (Å²) in [6.07, 6.45) is 0.425. The maximum atomic E-state index is 12.9. The Kier molecular flexibility index (Phi) is 4.74. The number of nitrogens with zero attached hydrogens (tertiary/aromatic N) is 4. The topological polar surface area (TPSA) is 53.7 Å². The van der Waals surface area contributed by atoms with E-state index >= 15 is 0 Å². The summed E-state index contributed by atoms with van der Waals surface area (Å²) in [5.74, 6) is 0.888. The lowest BCUT2D eigenvalue weighted by Gasteiger charge is -2.29. The predicted molar refractivity (Wildman–Crippen MR) is 99.0 cm³/mol. The number of likely N-dealkylation sites (tertiary alicyclic amines) is 1. The van der Waals surface area contributed by atoms with Gasteiger partial charge >= 0.3 is 6.18 Å². The van der Waals surface area contributed by atoms with Crippen molar-refractivity contribution < 1.29 is 18.3 Å². The Morgan fingerprint density at radius 1 is 1.18 bits per heavy atom. The van der Waals surface area contributed by atoms with Gasteiger partial charge in [-0.3, -0.25) is 4.40 Å². The van der Waals surface area contributed by atoms with Crippen LogP contribution in [0.3, 0.4) is 0 Å². The number of rotatable bonds is 3. The summed E-state index contributed by atoms with van der Waals surface area (Å²) in [5.41, 5.74) is 0.490. The van der Waals surface area contributed by atoms with Crippen LogP contribution in [0.15, 0.2) is 36.5 Å². The lowest BCUT2D eigenvalue weighted by molar-refractivity contribution is -0.137. The predicted octanol–water partition coefficient (Wildman–Crippen LogP) is 4.01. The number of phenolic OH excluding ortho intramolecular Hbond substituents is 1. The van der Waals surface area contributed by atoms with Gasteiger partial charge in [-0.05, 0) is 62.7 Å². The number of alkyl halides is 3. The number of aromatic nitrogens is 3. The number of aromatic hydroxyl groups is 1. The monoisotopic (exact) mass is 390 g/mol. The second kappa shape index (κ2) is 7.09. The molecule has 0 unspecified atom stereocenters. The minimum atomic E-state index is -4.50. The Balaban J connectivity index is 1.69. The molecule has 1 aromatic carbocycles. The Morgan fingerprint density at radius 3 is 2.71 bits per heavy atom. The molecule has 0 radical (unpaired) electrons. The van der Waals surface area contributed by atoms with Crippen LogP contribution in [-0.4, -0.2) is 44.7 Å². The van der Waals surface area contributed by atoms with Gasteiger partial charge in [0.1, 0.15) is 11.6 Å². The van der Waals surface area contributed by atoms with E-state index in [-0.39, 0.29) is 0 Å². The summed E-state index contributed by atoms with van der Waals surface area (Å²) in [4.78, 5) is 2.31. The van der Waals surface area contributed by atoms with Gasteiger partial charge in [-0.15, -0.1) is 10.2 Å². The summed E-state index contributed by atoms with van der Waals surface area (Å²) in [6.45, 7) is 2.11. The highest BCUT2D eigenvalue weighted by molar-refractivity contribution is 5.81. The third kappa shape index (κ3) is 3.56. The first-order valence-electron chi connectivity index (χ1n) is 9.24. The first-order valence-corrected chi connectivity index (χ1v) is 9.24. The van der Waals surface area contributed by atoms with Crippen molar-refractivity contribution >= 4 is 5.65 Å². The normalized spacial score (nSPS) is 18.6. The first-order chi connectivity index (χ1) is 13.3. The van der Waals surface area contributed by atoms with Gasteiger partial charge in [-0.1, -0.05) is 0 Å². The number of hydrogen-bond acceptors (Lipinski definition) is 4. The van der Waals surface area contributed by atoms with E-state index in [1.54, 1.807) is 12.1 Å². The molecule has 3 heterocycles. The first kappa shape index (κ1) is 18.7. The SMILES string of the molecule is CN1CCC[C@H](Cc2nnc3c(-c4ccc(C(F)(F)F)cc4O)cccn23)C1. The van der Waals surface area contributed by atoms with Gasteiger partial charge in [0.05, 0.1) is 5.56 Å². The molecule has 0 saturated carbocycles. The lowest BCUT2D eigenvalue weighted by Crippen LogP contribution is -2.33. The Bertz CT molecular complexity index is 999. The minimum Gasteiger partial charge on any atom is -0.507 e. The van der Waals surface area contributed by atoms with Crippen LogP contribution in [0.1, 0.15) is 24.2 Å². The van der Waals surface area contributed by atoms with E-state index < -0.39 is 17.5 Å². The quantitative estimate of drug-likeness (QED) is 0.734. The van der Waals surface area contributed by atoms with Gasteiger partial charge < -0.3 is 10.0 Å². The number of pyridine rings is 1. The van der Waals surface area contributed by atoms with Crippen LogP contribution < -0.4 is 0 Å². The molecule has 1 fully saturated rings. The molecule has 148 valence electrons. The molecule has 5 nitrogen and oxygen atoms in total. The van der Waals surface area contributed by atoms with Crippen LogP contribution in [0.25, 0.3) is 16.8 Å². The van der Waals surface area contributed by atoms with E-state index in [0.717, 1.165) is 50.3 Å². The van der Waals surface area contributed by atoms with E-state index in [9.17, 15) is 18.3 Å². The summed E-state index contributed by atoms with van der Waals surface area (Å²) in [5, 5.41) is 18.8. The molecule has 0 amide bonds. The molecule has 3 aromatic rings. The highest BCUT2D eigenvalue weighted by Gasteiger charge is 2.31. The molecular formula is C20H21F3N4O. The second-order valence-corrected chi connectivity index (χ2v) is 7.44. The molecule has 1 atom stereocenters. The molecule has 4 rings (SSSR count). The number of halogens is 3. The molecule has 1 N–H and O–H groups in total. The highest BCUT2D eigenvalue weighted by Crippen LogP contribution is 2.37. The third-order valence-corrected chi connectivity index (χ3v) is 5.31. The summed E-state index contributed by atoms with van der Waals surface area (Å²) < 4.78 is 40.5. The maximum absolute atomic E-state index is 12.9. The van der Waals surface area contributed by atoms with Gasteiger partial charge in [0.15, 0.2) is 5.65 Å². The second-order valence-electron chi connectivity index (χ2n) is 7.44. The van der Waals surface area contributed by atoms with Crippen LogP contribution in [0.2, 0.25) is 0 Å². The average Bonchev–Trinajstić information content (AvgIpc) is 3.04. The van der Waals surface area contributed by atoms with Crippen molar-refractivity contribution in [1.82, 2.24) is 19.5 Å². The third-order valence-electron chi connectivity index (χ3n) is 5.31. The fourth-order valence-electron chi connectivity index (χ4n) is 3.95. The number of hydrogen-bond donors (Lipinski definition) is 1. The van der Waals surface area contributed by atoms with Crippen molar-refractivity contribution in [3.05, 3.63) is 47.9 Å². The zero-order chi connectivity index (χ0) is 19.9. The number of phenols is 1. The van der Waals surface area contributed by atoms with E-state index in [1.807, 2.05) is 10.6 Å². The Morgan fingerprint density at radius 2 is 2.00 bits per heavy atom. The fraction of sp³-hybridized carbons (Fsp3) is 0.400. The van der Waals surface area contributed by atoms with Gasteiger partial charge in [0.2, 0.25) is 0 Å². The zero-order valence-electron chi connectivity index (χ0n) is 15.4. The van der Waals surface area contributed by atoms with Gasteiger partial charge in [0, 0.05) is 30.3 Å². The van der Waals surface area contributed by atoms with Crippen molar-refractivity contribution in [2.24, 2.45) is 5.92 Å². The highest BCUT2D eigenvalue weighted by atomic mass is 19.4. The standard InChI is InChI=1S/C20H21F3N4O/c1-26-8-2-4-13(12-26)10-18-24-25-19-16(5-3-9-27(18)19)15-7-6-14(11-17(15)28)20(21,22)23/h3,5-7,9,11,13,28H,2,4,8,10,12H2,1H3/t13-/m1/s1. The average molecular weight is 390 g/mol. The maximum Gasteiger partial charge on any atom is 0.416 e. The lowest BCUT2D eigenvalue weighted by atomic mass is 9.95. The van der Waals surface area contributed by atoms with Crippen molar-refractivity contribution in [2.45, 2.75) is 25.4 Å². The van der Waals surface area contributed by atoms with Crippen LogP contribution in [0, 0.1) is 5.92 Å². The molecule has 0 bridgehead atoms. The van der Waals surface area contributed by atoms with E-state index in [0.29, 0.717) is 22.7 Å². The molecule has 0 spiro atoms. The largest absolute Gasteiger partial charge is 0.507 e. The Hall–Kier alpha value is -2.61. The van der Waals surface area contributed by atoms with Crippen LogP contribution >= 0.6 is 0 Å². The smallest absolute Gasteiger partial charge is 0.416 e. The van der Waals surface area contributed by atoms with Crippen molar-refractivity contribution in [3.63, 3.8) is 0 Å². The van der Waals surface area contributed by atoms with Gasteiger partial charge in [0.25, 0.3) is 0 Å². The van der Waals surface area contributed by atoms with E-state index in [4.69, 9.17) is 0 Å². The summed E-state index contributed by atoms with van der Waals surface area (Å²) >= 11 is 0. The molecule has 2 aromatic heterocycles. The molecule has 8 heteroatoms. The molecular weight excluding hydrogens is 369 g/mol. The Labute approximate surface area is 160 Å². The van der Waals surface area contributed by atoms with Crippen molar-refractivity contribution in [2.75, 3.05) is 20.1 Å². The van der Waals surface area contributed by atoms with Crippen LogP contribution in [-0.2, 0) is 12.6 Å². The number of benzene rings is 1. The summed E-state index contributed by atoms with van der Waals surface area (Å²) in [6, 6.07) is 6.50. The zero-order valence-corrected chi connectivity index (χ0v) is 15.4. The van der Waals surface area contributed by atoms with Gasteiger partial charge in [-0.2, -0.15) is 13.2 Å². The summed E-state index contributed by atoms with van der Waals surface area (Å²) in [7, 11) is 2.11. The van der Waals surface area contributed by atoms with Crippen molar-refractivity contribution in [3.8, 4) is 16.9 Å². The van der Waals surface area contributed by atoms with E-state index in [1.165, 1.54) is 6.07 Å². The minimum absolute atomic E-state index is 0.301. The van der Waals surface area contributed by atoms with Gasteiger partial charge in [-0.25, -0.2) is 0 Å². The molecule has 1 saturated heterocycles. The molecule has 0 aliphatic carbocycles. The fourth-order valence-corrected chi connectivity index (χ4v) is 3.95.